The molecule has 0 saturated carbocycles. The molecule has 1 unspecified atom stereocenters. The van der Waals surface area contributed by atoms with Crippen LogP contribution >= 0.6 is 0 Å². The van der Waals surface area contributed by atoms with Gasteiger partial charge in [-0.15, -0.1) is 0 Å². The molecule has 1 aromatic carbocycles. The lowest BCUT2D eigenvalue weighted by atomic mass is 10.1. The molecule has 1 N–H and O–H groups in total. The average Bonchev–Trinajstić information content (AvgIpc) is 3.01. The zero-order chi connectivity index (χ0) is 18.7. The second kappa shape index (κ2) is 7.33. The maximum Gasteiger partial charge on any atom is 0.254 e. The van der Waals surface area contributed by atoms with Gasteiger partial charge in [-0.05, 0) is 30.7 Å². The second-order valence-electron chi connectivity index (χ2n) is 6.23. The fourth-order valence-electron chi connectivity index (χ4n) is 2.97. The van der Waals surface area contributed by atoms with Crippen molar-refractivity contribution in [3.8, 4) is 5.75 Å². The minimum atomic E-state index is -3.05. The summed E-state index contributed by atoms with van der Waals surface area (Å²) in [5.74, 6) is 1.10. The van der Waals surface area contributed by atoms with Crippen LogP contribution in [-0.4, -0.2) is 55.9 Å². The maximum atomic E-state index is 12.7. The number of benzene rings is 1. The fourth-order valence-corrected chi connectivity index (χ4v) is 4.74. The van der Waals surface area contributed by atoms with Crippen LogP contribution in [0.1, 0.15) is 16.8 Å². The molecule has 1 aliphatic rings. The van der Waals surface area contributed by atoms with Gasteiger partial charge in [0, 0.05) is 24.8 Å². The lowest BCUT2D eigenvalue weighted by Gasteiger charge is -2.23. The first kappa shape index (κ1) is 18.2. The Balaban J connectivity index is 1.77. The molecule has 0 radical (unpaired) electrons. The first-order valence-corrected chi connectivity index (χ1v) is 10.1. The SMILES string of the molecule is COc1ccccc1Nc1cc(C(=O)N(C)C2CCS(=O)(=O)C2)ccn1. The largest absolute Gasteiger partial charge is 0.495 e. The van der Waals surface area contributed by atoms with Crippen LogP contribution in [0.4, 0.5) is 11.5 Å². The number of carbonyl (C=O) groups excluding carboxylic acids is 1. The van der Waals surface area contributed by atoms with Gasteiger partial charge in [-0.25, -0.2) is 13.4 Å². The summed E-state index contributed by atoms with van der Waals surface area (Å²) < 4.78 is 28.6. The first-order chi connectivity index (χ1) is 12.4. The molecule has 1 aliphatic heterocycles. The minimum Gasteiger partial charge on any atom is -0.495 e. The predicted octanol–water partition coefficient (Wildman–Crippen LogP) is 2.09. The van der Waals surface area contributed by atoms with E-state index in [-0.39, 0.29) is 23.5 Å². The van der Waals surface area contributed by atoms with Crippen molar-refractivity contribution in [3.05, 3.63) is 48.2 Å². The molecule has 1 saturated heterocycles. The van der Waals surface area contributed by atoms with Crippen LogP contribution in [-0.2, 0) is 9.84 Å². The summed E-state index contributed by atoms with van der Waals surface area (Å²) >= 11 is 0. The Morgan fingerprint density at radius 2 is 2.08 bits per heavy atom. The third kappa shape index (κ3) is 3.96. The zero-order valence-corrected chi connectivity index (χ0v) is 15.5. The molecule has 8 heteroatoms. The minimum absolute atomic E-state index is 0.0205. The van der Waals surface area contributed by atoms with E-state index in [0.29, 0.717) is 23.6 Å². The van der Waals surface area contributed by atoms with Crippen molar-refractivity contribution in [2.45, 2.75) is 12.5 Å². The van der Waals surface area contributed by atoms with E-state index in [2.05, 4.69) is 10.3 Å². The van der Waals surface area contributed by atoms with E-state index in [9.17, 15) is 13.2 Å². The van der Waals surface area contributed by atoms with E-state index in [1.165, 1.54) is 4.90 Å². The number of para-hydroxylation sites is 2. The molecular formula is C18H21N3O4S. The van der Waals surface area contributed by atoms with Gasteiger partial charge in [0.1, 0.15) is 11.6 Å². The number of hydrogen-bond donors (Lipinski definition) is 1. The number of sulfone groups is 1. The summed E-state index contributed by atoms with van der Waals surface area (Å²) in [6.07, 6.45) is 2.02. The van der Waals surface area contributed by atoms with Crippen LogP contribution in [0.3, 0.4) is 0 Å². The normalized spacial score (nSPS) is 18.3. The van der Waals surface area contributed by atoms with Gasteiger partial charge in [0.05, 0.1) is 24.3 Å². The Morgan fingerprint density at radius 1 is 1.31 bits per heavy atom. The molecule has 2 aromatic rings. The maximum absolute atomic E-state index is 12.7. The lowest BCUT2D eigenvalue weighted by molar-refractivity contribution is 0.0747. The molecule has 3 rings (SSSR count). The molecule has 0 bridgehead atoms. The summed E-state index contributed by atoms with van der Waals surface area (Å²) in [4.78, 5) is 18.5. The van der Waals surface area contributed by atoms with E-state index in [1.807, 2.05) is 24.3 Å². The van der Waals surface area contributed by atoms with Gasteiger partial charge in [0.15, 0.2) is 9.84 Å². The monoisotopic (exact) mass is 375 g/mol. The summed E-state index contributed by atoms with van der Waals surface area (Å²) in [7, 11) is 0.177. The Kier molecular flexibility index (Phi) is 5.13. The third-order valence-corrected chi connectivity index (χ3v) is 6.20. The number of rotatable bonds is 5. The van der Waals surface area contributed by atoms with Crippen molar-refractivity contribution in [2.75, 3.05) is 31.0 Å². The highest BCUT2D eigenvalue weighted by molar-refractivity contribution is 7.91. The molecule has 1 fully saturated rings. The van der Waals surface area contributed by atoms with Crippen LogP contribution < -0.4 is 10.1 Å². The van der Waals surface area contributed by atoms with Crippen LogP contribution in [0, 0.1) is 0 Å². The van der Waals surface area contributed by atoms with Gasteiger partial charge in [0.25, 0.3) is 5.91 Å². The quantitative estimate of drug-likeness (QED) is 0.861. The number of hydrogen-bond acceptors (Lipinski definition) is 6. The van der Waals surface area contributed by atoms with E-state index in [0.717, 1.165) is 5.69 Å². The number of methoxy groups -OCH3 is 1. The molecule has 2 heterocycles. The van der Waals surface area contributed by atoms with E-state index < -0.39 is 9.84 Å². The fraction of sp³-hybridized carbons (Fsp3) is 0.333. The molecule has 0 spiro atoms. The van der Waals surface area contributed by atoms with Crippen molar-refractivity contribution in [1.82, 2.24) is 9.88 Å². The number of amides is 1. The molecule has 138 valence electrons. The molecule has 0 aliphatic carbocycles. The number of aromatic nitrogens is 1. The van der Waals surface area contributed by atoms with Gasteiger partial charge in [-0.1, -0.05) is 12.1 Å². The lowest BCUT2D eigenvalue weighted by Crippen LogP contribution is -2.37. The van der Waals surface area contributed by atoms with Gasteiger partial charge in [-0.2, -0.15) is 0 Å². The Labute approximate surface area is 152 Å². The summed E-state index contributed by atoms with van der Waals surface area (Å²) in [6, 6.07) is 10.4. The van der Waals surface area contributed by atoms with Crippen LogP contribution in [0.2, 0.25) is 0 Å². The number of pyridine rings is 1. The van der Waals surface area contributed by atoms with Crippen LogP contribution in [0.25, 0.3) is 0 Å². The number of anilines is 2. The van der Waals surface area contributed by atoms with E-state index >= 15 is 0 Å². The van der Waals surface area contributed by atoms with Gasteiger partial charge < -0.3 is 15.0 Å². The molecule has 26 heavy (non-hydrogen) atoms. The molecule has 1 aromatic heterocycles. The van der Waals surface area contributed by atoms with Crippen LogP contribution in [0.15, 0.2) is 42.6 Å². The van der Waals surface area contributed by atoms with E-state index in [1.54, 1.807) is 32.5 Å². The van der Waals surface area contributed by atoms with E-state index in [4.69, 9.17) is 4.74 Å². The van der Waals surface area contributed by atoms with Crippen molar-refractivity contribution in [3.63, 3.8) is 0 Å². The molecule has 1 atom stereocenters. The Hall–Kier alpha value is -2.61. The molecule has 7 nitrogen and oxygen atoms in total. The topological polar surface area (TPSA) is 88.6 Å². The Morgan fingerprint density at radius 3 is 2.77 bits per heavy atom. The number of nitrogens with zero attached hydrogens (tertiary/aromatic N) is 2. The zero-order valence-electron chi connectivity index (χ0n) is 14.7. The van der Waals surface area contributed by atoms with Crippen molar-refractivity contribution in [1.29, 1.82) is 0 Å². The summed E-state index contributed by atoms with van der Waals surface area (Å²) in [6.45, 7) is 0. The third-order valence-electron chi connectivity index (χ3n) is 4.45. The summed E-state index contributed by atoms with van der Waals surface area (Å²) in [5.41, 5.74) is 1.19. The number of ether oxygens (including phenoxy) is 1. The average molecular weight is 375 g/mol. The van der Waals surface area contributed by atoms with Crippen molar-refractivity contribution >= 4 is 27.2 Å². The second-order valence-corrected chi connectivity index (χ2v) is 8.46. The van der Waals surface area contributed by atoms with Crippen LogP contribution in [0.5, 0.6) is 5.75 Å². The standard InChI is InChI=1S/C18H21N3O4S/c1-21(14-8-10-26(23,24)12-14)18(22)13-7-9-19-17(11-13)20-15-5-3-4-6-16(15)25-2/h3-7,9,11,14H,8,10,12H2,1-2H3,(H,19,20). The smallest absolute Gasteiger partial charge is 0.254 e. The Bertz CT molecular complexity index is 914. The highest BCUT2D eigenvalue weighted by atomic mass is 32.2. The number of carbonyl (C=O) groups is 1. The van der Waals surface area contributed by atoms with Crippen molar-refractivity contribution in [2.24, 2.45) is 0 Å². The van der Waals surface area contributed by atoms with Gasteiger partial charge in [0.2, 0.25) is 0 Å². The van der Waals surface area contributed by atoms with Crippen molar-refractivity contribution < 1.29 is 17.9 Å². The first-order valence-electron chi connectivity index (χ1n) is 8.23. The predicted molar refractivity (Wildman–Crippen MR) is 99.7 cm³/mol. The molecule has 1 amide bonds. The van der Waals surface area contributed by atoms with Gasteiger partial charge in [-0.3, -0.25) is 4.79 Å². The summed E-state index contributed by atoms with van der Waals surface area (Å²) in [5, 5.41) is 3.14. The molecular weight excluding hydrogens is 354 g/mol. The highest BCUT2D eigenvalue weighted by Crippen LogP contribution is 2.26. The number of nitrogens with one attached hydrogen (secondary N) is 1. The highest BCUT2D eigenvalue weighted by Gasteiger charge is 2.33. The van der Waals surface area contributed by atoms with Gasteiger partial charge >= 0.3 is 0 Å².